The van der Waals surface area contributed by atoms with Gasteiger partial charge in [-0.05, 0) is 24.6 Å². The number of carbonyl (C=O) groups is 1. The minimum atomic E-state index is -0.106. The summed E-state index contributed by atoms with van der Waals surface area (Å²) >= 11 is 4.58. The van der Waals surface area contributed by atoms with Crippen LogP contribution >= 0.6 is 27.7 Å². The van der Waals surface area contributed by atoms with Crippen LogP contribution < -0.4 is 16.8 Å². The van der Waals surface area contributed by atoms with Gasteiger partial charge in [-0.3, -0.25) is 4.79 Å². The molecular formula is C14H16BrN5OS. The van der Waals surface area contributed by atoms with E-state index in [0.717, 1.165) is 10.0 Å². The van der Waals surface area contributed by atoms with Gasteiger partial charge in [-0.2, -0.15) is 0 Å². The van der Waals surface area contributed by atoms with Crippen LogP contribution in [0.4, 0.5) is 11.6 Å². The van der Waals surface area contributed by atoms with E-state index >= 15 is 0 Å². The number of hydrogen-bond donors (Lipinski definition) is 3. The van der Waals surface area contributed by atoms with Gasteiger partial charge >= 0.3 is 0 Å². The highest BCUT2D eigenvalue weighted by molar-refractivity contribution is 9.10. The molecule has 0 fully saturated rings. The molecule has 0 spiro atoms. The minimum Gasteiger partial charge on any atom is -0.383 e. The first-order chi connectivity index (χ1) is 10.4. The molecule has 0 aliphatic carbocycles. The molecule has 2 rings (SSSR count). The van der Waals surface area contributed by atoms with E-state index in [1.54, 1.807) is 0 Å². The number of thioether (sulfide) groups is 1. The molecule has 1 aromatic heterocycles. The van der Waals surface area contributed by atoms with E-state index in [0.29, 0.717) is 16.8 Å². The number of nitrogens with zero attached hydrogens (tertiary/aromatic N) is 2. The van der Waals surface area contributed by atoms with Gasteiger partial charge in [0.15, 0.2) is 5.16 Å². The van der Waals surface area contributed by atoms with Crippen molar-refractivity contribution in [2.75, 3.05) is 17.2 Å². The Bertz CT molecular complexity index is 645. The predicted molar refractivity (Wildman–Crippen MR) is 92.3 cm³/mol. The normalized spacial score (nSPS) is 11.9. The van der Waals surface area contributed by atoms with E-state index < -0.39 is 0 Å². The Morgan fingerprint density at radius 2 is 1.86 bits per heavy atom. The van der Waals surface area contributed by atoms with Gasteiger partial charge in [-0.1, -0.05) is 39.8 Å². The molecule has 116 valence electrons. The predicted octanol–water partition coefficient (Wildman–Crippen LogP) is 2.37. The maximum Gasteiger partial charge on any atom is 0.230 e. The van der Waals surface area contributed by atoms with Crippen molar-refractivity contribution in [3.05, 3.63) is 40.4 Å². The molecule has 0 aliphatic rings. The fourth-order valence-corrected chi connectivity index (χ4v) is 2.72. The molecule has 0 radical (unpaired) electrons. The topological polar surface area (TPSA) is 107 Å². The van der Waals surface area contributed by atoms with Crippen LogP contribution in [0, 0.1) is 0 Å². The quantitative estimate of drug-likeness (QED) is 0.542. The highest BCUT2D eigenvalue weighted by atomic mass is 79.9. The largest absolute Gasteiger partial charge is 0.383 e. The number of aromatic nitrogens is 2. The smallest absolute Gasteiger partial charge is 0.230 e. The second-order valence-corrected chi connectivity index (χ2v) is 6.49. The van der Waals surface area contributed by atoms with Gasteiger partial charge in [0.05, 0.1) is 11.8 Å². The molecule has 1 atom stereocenters. The molecule has 8 heteroatoms. The first-order valence-electron chi connectivity index (χ1n) is 6.51. The number of anilines is 2. The van der Waals surface area contributed by atoms with E-state index in [1.807, 2.05) is 31.2 Å². The van der Waals surface area contributed by atoms with Crippen molar-refractivity contribution < 1.29 is 4.79 Å². The van der Waals surface area contributed by atoms with Crippen molar-refractivity contribution in [1.29, 1.82) is 0 Å². The molecule has 1 aromatic carbocycles. The summed E-state index contributed by atoms with van der Waals surface area (Å²) in [4.78, 5) is 20.0. The SMILES string of the molecule is CC(NC(=O)CSc1nc(N)cc(N)n1)c1ccc(Br)cc1. The number of halogens is 1. The van der Waals surface area contributed by atoms with Crippen LogP contribution in [-0.4, -0.2) is 21.6 Å². The Morgan fingerprint density at radius 3 is 2.45 bits per heavy atom. The van der Waals surface area contributed by atoms with Gasteiger partial charge < -0.3 is 16.8 Å². The third-order valence-electron chi connectivity index (χ3n) is 2.83. The first-order valence-corrected chi connectivity index (χ1v) is 8.29. The van der Waals surface area contributed by atoms with Gasteiger partial charge in [-0.25, -0.2) is 9.97 Å². The Kier molecular flexibility index (Phi) is 5.62. The zero-order valence-electron chi connectivity index (χ0n) is 11.9. The lowest BCUT2D eigenvalue weighted by Gasteiger charge is -2.14. The van der Waals surface area contributed by atoms with Crippen LogP contribution in [0.3, 0.4) is 0 Å². The molecule has 0 saturated heterocycles. The highest BCUT2D eigenvalue weighted by Gasteiger charge is 2.11. The number of nitrogens with two attached hydrogens (primary N) is 2. The molecule has 0 bridgehead atoms. The summed E-state index contributed by atoms with van der Waals surface area (Å²) in [7, 11) is 0. The van der Waals surface area contributed by atoms with Crippen LogP contribution in [0.5, 0.6) is 0 Å². The third kappa shape index (κ3) is 4.88. The number of amides is 1. The summed E-state index contributed by atoms with van der Waals surface area (Å²) in [5.41, 5.74) is 12.2. The molecule has 1 unspecified atom stereocenters. The maximum atomic E-state index is 12.0. The molecule has 2 aromatic rings. The lowest BCUT2D eigenvalue weighted by molar-refractivity contribution is -0.119. The zero-order valence-corrected chi connectivity index (χ0v) is 14.3. The zero-order chi connectivity index (χ0) is 16.1. The molecule has 22 heavy (non-hydrogen) atoms. The number of rotatable bonds is 5. The summed E-state index contributed by atoms with van der Waals surface area (Å²) < 4.78 is 1.00. The molecule has 5 N–H and O–H groups in total. The van der Waals surface area contributed by atoms with Gasteiger partial charge in [0.1, 0.15) is 11.6 Å². The van der Waals surface area contributed by atoms with Crippen molar-refractivity contribution in [2.45, 2.75) is 18.1 Å². The molecule has 0 saturated carbocycles. The molecule has 0 aliphatic heterocycles. The highest BCUT2D eigenvalue weighted by Crippen LogP contribution is 2.18. The van der Waals surface area contributed by atoms with Crippen molar-refractivity contribution in [3.63, 3.8) is 0 Å². The Balaban J connectivity index is 1.88. The Morgan fingerprint density at radius 1 is 1.27 bits per heavy atom. The lowest BCUT2D eigenvalue weighted by Crippen LogP contribution is -2.28. The van der Waals surface area contributed by atoms with Crippen LogP contribution in [0.1, 0.15) is 18.5 Å². The number of hydrogen-bond acceptors (Lipinski definition) is 6. The number of benzene rings is 1. The number of nitrogen functional groups attached to an aromatic ring is 2. The molecule has 1 heterocycles. The fourth-order valence-electron chi connectivity index (χ4n) is 1.77. The van der Waals surface area contributed by atoms with Gasteiger partial charge in [0.25, 0.3) is 0 Å². The Labute approximate surface area is 141 Å². The minimum absolute atomic E-state index is 0.0759. The van der Waals surface area contributed by atoms with Crippen molar-refractivity contribution in [1.82, 2.24) is 15.3 Å². The van der Waals surface area contributed by atoms with Crippen LogP contribution in [0.15, 0.2) is 40.0 Å². The van der Waals surface area contributed by atoms with E-state index in [4.69, 9.17) is 11.5 Å². The lowest BCUT2D eigenvalue weighted by atomic mass is 10.1. The number of carbonyl (C=O) groups excluding carboxylic acids is 1. The van der Waals surface area contributed by atoms with E-state index in [-0.39, 0.29) is 17.7 Å². The maximum absolute atomic E-state index is 12.0. The summed E-state index contributed by atoms with van der Waals surface area (Å²) in [6.07, 6.45) is 0. The van der Waals surface area contributed by atoms with Crippen molar-refractivity contribution in [2.24, 2.45) is 0 Å². The Hall–Kier alpha value is -1.80. The molecule has 6 nitrogen and oxygen atoms in total. The average Bonchev–Trinajstić information content (AvgIpc) is 2.45. The monoisotopic (exact) mass is 381 g/mol. The van der Waals surface area contributed by atoms with E-state index in [1.165, 1.54) is 17.8 Å². The van der Waals surface area contributed by atoms with Crippen LogP contribution in [0.2, 0.25) is 0 Å². The summed E-state index contributed by atoms with van der Waals surface area (Å²) in [6.45, 7) is 1.93. The van der Waals surface area contributed by atoms with Crippen LogP contribution in [0.25, 0.3) is 0 Å². The van der Waals surface area contributed by atoms with Crippen molar-refractivity contribution >= 4 is 45.2 Å². The first kappa shape index (κ1) is 16.6. The second kappa shape index (κ2) is 7.46. The van der Waals surface area contributed by atoms with Gasteiger partial charge in [0, 0.05) is 10.5 Å². The fraction of sp³-hybridized carbons (Fsp3) is 0.214. The molecular weight excluding hydrogens is 366 g/mol. The summed E-state index contributed by atoms with van der Waals surface area (Å²) in [6, 6.07) is 9.20. The summed E-state index contributed by atoms with van der Waals surface area (Å²) in [5, 5.41) is 3.31. The molecule has 1 amide bonds. The second-order valence-electron chi connectivity index (χ2n) is 4.63. The number of nitrogens with one attached hydrogen (secondary N) is 1. The third-order valence-corrected chi connectivity index (χ3v) is 4.20. The van der Waals surface area contributed by atoms with Crippen LogP contribution in [-0.2, 0) is 4.79 Å². The van der Waals surface area contributed by atoms with Gasteiger partial charge in [0.2, 0.25) is 5.91 Å². The van der Waals surface area contributed by atoms with Gasteiger partial charge in [-0.15, -0.1) is 0 Å². The average molecular weight is 382 g/mol. The van der Waals surface area contributed by atoms with Crippen molar-refractivity contribution in [3.8, 4) is 0 Å². The van der Waals surface area contributed by atoms with E-state index in [2.05, 4.69) is 31.2 Å². The van der Waals surface area contributed by atoms with E-state index in [9.17, 15) is 4.79 Å². The summed E-state index contributed by atoms with van der Waals surface area (Å²) in [5.74, 6) is 0.673. The standard InChI is InChI=1S/C14H16BrN5OS/c1-8(9-2-4-10(15)5-3-9)18-13(21)7-22-14-19-11(16)6-12(17)20-14/h2-6,8H,7H2,1H3,(H,18,21)(H4,16,17,19,20).